The lowest BCUT2D eigenvalue weighted by atomic mass is 9.94. The molecule has 5 nitrogen and oxygen atoms in total. The van der Waals surface area contributed by atoms with E-state index in [1.165, 1.54) is 5.56 Å². The smallest absolute Gasteiger partial charge is 0.410 e. The van der Waals surface area contributed by atoms with Crippen LogP contribution in [0.1, 0.15) is 42.5 Å². The van der Waals surface area contributed by atoms with Crippen molar-refractivity contribution in [3.8, 4) is 11.3 Å². The molecular weight excluding hydrogens is 306 g/mol. The SMILES string of the molecule is CC(C)(C)OC(=O)N1CCc2cccc(-c3ccc(C=O)o3)c2C1. The predicted octanol–water partition coefficient (Wildman–Crippen LogP) is 4.05. The molecular formula is C19H21NO4. The first-order valence-electron chi connectivity index (χ1n) is 8.01. The van der Waals surface area contributed by atoms with Crippen molar-refractivity contribution < 1.29 is 18.7 Å². The molecule has 1 aromatic carbocycles. The zero-order valence-corrected chi connectivity index (χ0v) is 14.2. The van der Waals surface area contributed by atoms with Crippen LogP contribution in [0.15, 0.2) is 34.7 Å². The zero-order valence-electron chi connectivity index (χ0n) is 14.2. The molecule has 0 fully saturated rings. The summed E-state index contributed by atoms with van der Waals surface area (Å²) in [7, 11) is 0. The van der Waals surface area contributed by atoms with Crippen molar-refractivity contribution in [3.63, 3.8) is 0 Å². The van der Waals surface area contributed by atoms with E-state index in [9.17, 15) is 9.59 Å². The van der Waals surface area contributed by atoms with Crippen LogP contribution in [-0.2, 0) is 17.7 Å². The van der Waals surface area contributed by atoms with E-state index in [0.29, 0.717) is 30.9 Å². The van der Waals surface area contributed by atoms with Crippen molar-refractivity contribution in [2.24, 2.45) is 0 Å². The summed E-state index contributed by atoms with van der Waals surface area (Å²) in [6.07, 6.45) is 1.14. The number of hydrogen-bond acceptors (Lipinski definition) is 4. The molecule has 0 radical (unpaired) electrons. The Balaban J connectivity index is 1.90. The molecule has 1 aliphatic rings. The van der Waals surface area contributed by atoms with E-state index >= 15 is 0 Å². The maximum atomic E-state index is 12.4. The lowest BCUT2D eigenvalue weighted by molar-refractivity contribution is 0.0224. The number of carbonyl (C=O) groups is 2. The van der Waals surface area contributed by atoms with Gasteiger partial charge in [0.05, 0.1) is 0 Å². The molecule has 0 atom stereocenters. The number of ether oxygens (including phenoxy) is 1. The van der Waals surface area contributed by atoms with Gasteiger partial charge in [-0.2, -0.15) is 0 Å². The molecule has 24 heavy (non-hydrogen) atoms. The molecule has 2 aromatic rings. The summed E-state index contributed by atoms with van der Waals surface area (Å²) in [6.45, 7) is 6.68. The molecule has 1 amide bonds. The molecule has 0 N–H and O–H groups in total. The van der Waals surface area contributed by atoms with Gasteiger partial charge in [0.15, 0.2) is 12.0 Å². The average Bonchev–Trinajstić information content (AvgIpc) is 3.01. The fourth-order valence-electron chi connectivity index (χ4n) is 2.86. The summed E-state index contributed by atoms with van der Waals surface area (Å²) in [5.74, 6) is 0.933. The highest BCUT2D eigenvalue weighted by Crippen LogP contribution is 2.32. The molecule has 1 aromatic heterocycles. The highest BCUT2D eigenvalue weighted by atomic mass is 16.6. The molecule has 5 heteroatoms. The van der Waals surface area contributed by atoms with E-state index < -0.39 is 5.60 Å². The van der Waals surface area contributed by atoms with Crippen LogP contribution in [0.4, 0.5) is 4.79 Å². The van der Waals surface area contributed by atoms with Gasteiger partial charge in [-0.05, 0) is 50.5 Å². The van der Waals surface area contributed by atoms with Crippen LogP contribution in [0.25, 0.3) is 11.3 Å². The second-order valence-electron chi connectivity index (χ2n) is 6.92. The number of rotatable bonds is 2. The summed E-state index contributed by atoms with van der Waals surface area (Å²) in [5, 5.41) is 0. The van der Waals surface area contributed by atoms with Gasteiger partial charge in [-0.25, -0.2) is 4.79 Å². The first kappa shape index (κ1) is 16.3. The number of carbonyl (C=O) groups excluding carboxylic acids is 2. The minimum Gasteiger partial charge on any atom is -0.453 e. The standard InChI is InChI=1S/C19H21NO4/c1-19(2,3)24-18(22)20-10-9-13-5-4-6-15(16(13)11-20)17-8-7-14(12-21)23-17/h4-8,12H,9-11H2,1-3H3. The first-order valence-corrected chi connectivity index (χ1v) is 8.01. The average molecular weight is 327 g/mol. The number of furan rings is 1. The second kappa shape index (κ2) is 6.15. The van der Waals surface area contributed by atoms with Gasteiger partial charge >= 0.3 is 6.09 Å². The van der Waals surface area contributed by atoms with Crippen LogP contribution in [0.2, 0.25) is 0 Å². The predicted molar refractivity (Wildman–Crippen MR) is 89.9 cm³/mol. The maximum Gasteiger partial charge on any atom is 0.410 e. The van der Waals surface area contributed by atoms with Crippen LogP contribution in [0, 0.1) is 0 Å². The van der Waals surface area contributed by atoms with Gasteiger partial charge in [-0.3, -0.25) is 4.79 Å². The highest BCUT2D eigenvalue weighted by Gasteiger charge is 2.27. The van der Waals surface area contributed by atoms with Crippen molar-refractivity contribution in [2.75, 3.05) is 6.54 Å². The Morgan fingerprint density at radius 3 is 2.71 bits per heavy atom. The minimum absolute atomic E-state index is 0.294. The van der Waals surface area contributed by atoms with Gasteiger partial charge in [-0.15, -0.1) is 0 Å². The summed E-state index contributed by atoms with van der Waals surface area (Å²) in [4.78, 5) is 24.9. The third-order valence-corrected chi connectivity index (χ3v) is 3.93. The maximum absolute atomic E-state index is 12.4. The monoisotopic (exact) mass is 327 g/mol. The minimum atomic E-state index is -0.517. The fraction of sp³-hybridized carbons (Fsp3) is 0.368. The normalized spacial score (nSPS) is 14.2. The summed E-state index contributed by atoms with van der Waals surface area (Å²) >= 11 is 0. The lowest BCUT2D eigenvalue weighted by Gasteiger charge is -2.32. The van der Waals surface area contributed by atoms with Gasteiger partial charge in [0, 0.05) is 18.7 Å². The van der Waals surface area contributed by atoms with Gasteiger partial charge in [0.2, 0.25) is 0 Å². The van der Waals surface area contributed by atoms with Crippen molar-refractivity contribution in [1.82, 2.24) is 4.90 Å². The molecule has 0 unspecified atom stereocenters. The summed E-state index contributed by atoms with van der Waals surface area (Å²) < 4.78 is 11.0. The molecule has 3 rings (SSSR count). The van der Waals surface area contributed by atoms with Gasteiger partial charge in [-0.1, -0.05) is 18.2 Å². The highest BCUT2D eigenvalue weighted by molar-refractivity contribution is 5.74. The zero-order chi connectivity index (χ0) is 17.3. The van der Waals surface area contributed by atoms with E-state index in [0.717, 1.165) is 17.5 Å². The molecule has 2 heterocycles. The molecule has 0 aliphatic carbocycles. The molecule has 126 valence electrons. The quantitative estimate of drug-likeness (QED) is 0.781. The van der Waals surface area contributed by atoms with Crippen LogP contribution >= 0.6 is 0 Å². The van der Waals surface area contributed by atoms with Gasteiger partial charge < -0.3 is 14.1 Å². The molecule has 0 saturated heterocycles. The number of nitrogens with zero attached hydrogens (tertiary/aromatic N) is 1. The Bertz CT molecular complexity index is 770. The summed E-state index contributed by atoms with van der Waals surface area (Å²) in [5.41, 5.74) is 2.63. The molecule has 1 aliphatic heterocycles. The Labute approximate surface area is 141 Å². The molecule has 0 bridgehead atoms. The number of fused-ring (bicyclic) bond motifs is 1. The van der Waals surface area contributed by atoms with Gasteiger partial charge in [0.1, 0.15) is 11.4 Å². The number of benzene rings is 1. The number of hydrogen-bond donors (Lipinski definition) is 0. The second-order valence-corrected chi connectivity index (χ2v) is 6.92. The third kappa shape index (κ3) is 3.35. The van der Waals surface area contributed by atoms with E-state index in [2.05, 4.69) is 6.07 Å². The van der Waals surface area contributed by atoms with E-state index in [1.54, 1.807) is 17.0 Å². The van der Waals surface area contributed by atoms with Crippen molar-refractivity contribution in [1.29, 1.82) is 0 Å². The van der Waals surface area contributed by atoms with Crippen LogP contribution in [-0.4, -0.2) is 29.4 Å². The Hall–Kier alpha value is -2.56. The Morgan fingerprint density at radius 2 is 2.04 bits per heavy atom. The summed E-state index contributed by atoms with van der Waals surface area (Å²) in [6, 6.07) is 9.42. The lowest BCUT2D eigenvalue weighted by Crippen LogP contribution is -2.40. The van der Waals surface area contributed by atoms with Crippen LogP contribution < -0.4 is 0 Å². The number of amides is 1. The van der Waals surface area contributed by atoms with E-state index in [4.69, 9.17) is 9.15 Å². The van der Waals surface area contributed by atoms with Crippen LogP contribution in [0.5, 0.6) is 0 Å². The van der Waals surface area contributed by atoms with E-state index in [-0.39, 0.29) is 6.09 Å². The van der Waals surface area contributed by atoms with Crippen molar-refractivity contribution >= 4 is 12.4 Å². The topological polar surface area (TPSA) is 59.8 Å². The van der Waals surface area contributed by atoms with Crippen molar-refractivity contribution in [3.05, 3.63) is 47.2 Å². The van der Waals surface area contributed by atoms with E-state index in [1.807, 2.05) is 32.9 Å². The number of aldehydes is 1. The molecule has 0 spiro atoms. The Kier molecular flexibility index (Phi) is 4.18. The first-order chi connectivity index (χ1) is 11.4. The largest absolute Gasteiger partial charge is 0.453 e. The molecule has 0 saturated carbocycles. The van der Waals surface area contributed by atoms with Gasteiger partial charge in [0.25, 0.3) is 0 Å². The Morgan fingerprint density at radius 1 is 1.25 bits per heavy atom. The fourth-order valence-corrected chi connectivity index (χ4v) is 2.86. The van der Waals surface area contributed by atoms with Crippen LogP contribution in [0.3, 0.4) is 0 Å². The van der Waals surface area contributed by atoms with Crippen molar-refractivity contribution in [2.45, 2.75) is 39.3 Å². The third-order valence-electron chi connectivity index (χ3n) is 3.93.